The number of aromatic amines is 1. The summed E-state index contributed by atoms with van der Waals surface area (Å²) in [5.74, 6) is 0.888. The minimum Gasteiger partial charge on any atom is -0.484 e. The van der Waals surface area contributed by atoms with Crippen molar-refractivity contribution in [1.29, 1.82) is 0 Å². The highest BCUT2D eigenvalue weighted by Gasteiger charge is 2.11. The van der Waals surface area contributed by atoms with E-state index in [0.29, 0.717) is 26.4 Å². The van der Waals surface area contributed by atoms with Gasteiger partial charge in [0, 0.05) is 28.4 Å². The molecule has 2 heterocycles. The molecule has 7 nitrogen and oxygen atoms in total. The van der Waals surface area contributed by atoms with E-state index < -0.39 is 0 Å². The monoisotopic (exact) mass is 452 g/mol. The molecule has 0 fully saturated rings. The Hall–Kier alpha value is -3.17. The lowest BCUT2D eigenvalue weighted by molar-refractivity contribution is -0.118. The molecule has 2 N–H and O–H groups in total. The topological polar surface area (TPSA) is 97.0 Å². The van der Waals surface area contributed by atoms with Crippen molar-refractivity contribution in [2.75, 3.05) is 11.9 Å². The molecule has 0 radical (unpaired) electrons. The van der Waals surface area contributed by atoms with E-state index in [1.54, 1.807) is 12.1 Å². The molecule has 4 rings (SSSR count). The average molecular weight is 453 g/mol. The summed E-state index contributed by atoms with van der Waals surface area (Å²) in [5.41, 5.74) is 3.87. The van der Waals surface area contributed by atoms with Crippen LogP contribution in [0.5, 0.6) is 5.75 Å². The van der Waals surface area contributed by atoms with E-state index in [-0.39, 0.29) is 17.9 Å². The van der Waals surface area contributed by atoms with Crippen molar-refractivity contribution in [2.45, 2.75) is 23.9 Å². The minimum atomic E-state index is -0.301. The van der Waals surface area contributed by atoms with Crippen molar-refractivity contribution in [3.63, 3.8) is 0 Å². The summed E-state index contributed by atoms with van der Waals surface area (Å²) in [5, 5.41) is 11.9. The Morgan fingerprint density at radius 3 is 2.81 bits per heavy atom. The first kappa shape index (κ1) is 21.1. The summed E-state index contributed by atoms with van der Waals surface area (Å²) in [6.45, 7) is 3.91. The number of thioether (sulfide) groups is 1. The van der Waals surface area contributed by atoms with Crippen LogP contribution in [-0.2, 0) is 10.5 Å². The summed E-state index contributed by atoms with van der Waals surface area (Å²) < 4.78 is 6.23. The van der Waals surface area contributed by atoms with Gasteiger partial charge in [-0.3, -0.25) is 14.9 Å². The van der Waals surface area contributed by atoms with Gasteiger partial charge < -0.3 is 9.72 Å². The normalized spacial score (nSPS) is 10.9. The number of amides is 1. The maximum atomic E-state index is 12.2. The van der Waals surface area contributed by atoms with Crippen molar-refractivity contribution >= 4 is 45.0 Å². The van der Waals surface area contributed by atoms with E-state index in [1.807, 2.05) is 50.2 Å². The van der Waals surface area contributed by atoms with Gasteiger partial charge in [-0.2, -0.15) is 0 Å². The number of hydrogen-bond acceptors (Lipinski definition) is 7. The second-order valence-electron chi connectivity index (χ2n) is 6.95. The van der Waals surface area contributed by atoms with Crippen LogP contribution in [0, 0.1) is 13.8 Å². The number of para-hydroxylation sites is 1. The number of H-pyrrole nitrogens is 1. The van der Waals surface area contributed by atoms with Crippen LogP contribution in [-0.4, -0.2) is 27.7 Å². The Labute approximate surface area is 186 Å². The van der Waals surface area contributed by atoms with Gasteiger partial charge in [0.05, 0.1) is 0 Å². The molecule has 9 heteroatoms. The Balaban J connectivity index is 1.31. The quantitative estimate of drug-likeness (QED) is 0.320. The molecule has 1 amide bonds. The molecule has 0 atom stereocenters. The van der Waals surface area contributed by atoms with E-state index in [0.717, 1.165) is 16.8 Å². The van der Waals surface area contributed by atoms with Crippen LogP contribution < -0.4 is 15.5 Å². The molecule has 0 spiro atoms. The molecular weight excluding hydrogens is 432 g/mol. The summed E-state index contributed by atoms with van der Waals surface area (Å²) in [6.07, 6.45) is 0. The van der Waals surface area contributed by atoms with E-state index >= 15 is 0 Å². The number of carbonyl (C=O) groups excluding carboxylic acids is 1. The lowest BCUT2D eigenvalue weighted by atomic mass is 10.1. The van der Waals surface area contributed by atoms with Crippen LogP contribution in [0.25, 0.3) is 10.9 Å². The van der Waals surface area contributed by atoms with E-state index in [4.69, 9.17) is 4.74 Å². The molecule has 0 aliphatic carbocycles. The van der Waals surface area contributed by atoms with Gasteiger partial charge in [0.25, 0.3) is 5.91 Å². The number of fused-ring (bicyclic) bond motifs is 1. The second-order valence-corrected chi connectivity index (χ2v) is 9.15. The Morgan fingerprint density at radius 1 is 1.13 bits per heavy atom. The number of rotatable bonds is 7. The van der Waals surface area contributed by atoms with Gasteiger partial charge in [-0.1, -0.05) is 41.3 Å². The van der Waals surface area contributed by atoms with E-state index in [2.05, 4.69) is 20.5 Å². The van der Waals surface area contributed by atoms with Crippen LogP contribution in [0.2, 0.25) is 0 Å². The third kappa shape index (κ3) is 5.31. The summed E-state index contributed by atoms with van der Waals surface area (Å²) in [4.78, 5) is 27.6. The number of hydrogen-bond donors (Lipinski definition) is 2. The highest BCUT2D eigenvalue weighted by atomic mass is 32.2. The molecule has 4 aromatic rings. The first-order valence-electron chi connectivity index (χ1n) is 9.55. The number of carbonyl (C=O) groups is 1. The van der Waals surface area contributed by atoms with Crippen LogP contribution >= 0.6 is 23.1 Å². The third-order valence-corrected chi connectivity index (χ3v) is 6.67. The zero-order valence-corrected chi connectivity index (χ0v) is 18.6. The first-order valence-corrected chi connectivity index (χ1v) is 11.4. The number of anilines is 1. The Bertz CT molecular complexity index is 1300. The minimum absolute atomic E-state index is 0.0149. The zero-order valence-electron chi connectivity index (χ0n) is 17.0. The number of pyridine rings is 1. The van der Waals surface area contributed by atoms with Crippen LogP contribution in [0.15, 0.2) is 57.7 Å². The predicted octanol–water partition coefficient (Wildman–Crippen LogP) is 4.31. The molecular formula is C22H20N4O3S2. The van der Waals surface area contributed by atoms with Gasteiger partial charge in [0.1, 0.15) is 5.75 Å². The highest BCUT2D eigenvalue weighted by molar-refractivity contribution is 8.00. The zero-order chi connectivity index (χ0) is 21.8. The molecule has 0 aliphatic heterocycles. The number of ether oxygens (including phenoxy) is 1. The van der Waals surface area contributed by atoms with Crippen molar-refractivity contribution < 1.29 is 9.53 Å². The first-order chi connectivity index (χ1) is 15.0. The lowest BCUT2D eigenvalue weighted by Gasteiger charge is -2.07. The number of aromatic nitrogens is 3. The molecule has 0 unspecified atom stereocenters. The smallest absolute Gasteiger partial charge is 0.264 e. The number of nitrogens with one attached hydrogen (secondary N) is 2. The van der Waals surface area contributed by atoms with Crippen LogP contribution in [0.4, 0.5) is 5.13 Å². The molecule has 2 aromatic heterocycles. The van der Waals surface area contributed by atoms with Gasteiger partial charge in [-0.25, -0.2) is 0 Å². The number of nitrogens with zero attached hydrogens (tertiary/aromatic N) is 2. The van der Waals surface area contributed by atoms with Gasteiger partial charge in [0.15, 0.2) is 16.4 Å². The van der Waals surface area contributed by atoms with Crippen molar-refractivity contribution in [1.82, 2.24) is 15.2 Å². The third-order valence-electron chi connectivity index (χ3n) is 4.65. The summed E-state index contributed by atoms with van der Waals surface area (Å²) in [6, 6.07) is 14.7. The maximum Gasteiger partial charge on any atom is 0.264 e. The fraction of sp³-hybridized carbons (Fsp3) is 0.182. The van der Waals surface area contributed by atoms with Crippen LogP contribution in [0.3, 0.4) is 0 Å². The number of benzene rings is 2. The predicted molar refractivity (Wildman–Crippen MR) is 124 cm³/mol. The standard InChI is InChI=1S/C22H20N4O3S2/c1-13-7-8-16(9-14(13)2)29-11-20(28)24-21-25-26-22(31-21)30-12-15-10-19(27)17-5-3-4-6-18(17)23-15/h3-10H,11-12H2,1-2H3,(H,23,27)(H,24,25,28). The van der Waals surface area contributed by atoms with Crippen molar-refractivity contribution in [3.8, 4) is 5.75 Å². The van der Waals surface area contributed by atoms with E-state index in [9.17, 15) is 9.59 Å². The van der Waals surface area contributed by atoms with Gasteiger partial charge in [0.2, 0.25) is 5.13 Å². The second kappa shape index (κ2) is 9.32. The molecule has 0 saturated heterocycles. The fourth-order valence-corrected chi connectivity index (χ4v) is 4.57. The Kier molecular flexibility index (Phi) is 6.34. The fourth-order valence-electron chi connectivity index (χ4n) is 2.90. The van der Waals surface area contributed by atoms with E-state index in [1.165, 1.54) is 28.7 Å². The van der Waals surface area contributed by atoms with Gasteiger partial charge >= 0.3 is 0 Å². The summed E-state index contributed by atoms with van der Waals surface area (Å²) in [7, 11) is 0. The average Bonchev–Trinajstić information content (AvgIpc) is 3.20. The molecule has 0 aliphatic rings. The highest BCUT2D eigenvalue weighted by Crippen LogP contribution is 2.28. The largest absolute Gasteiger partial charge is 0.484 e. The van der Waals surface area contributed by atoms with Gasteiger partial charge in [-0.05, 0) is 49.2 Å². The summed E-state index contributed by atoms with van der Waals surface area (Å²) >= 11 is 2.72. The SMILES string of the molecule is Cc1ccc(OCC(=O)Nc2nnc(SCc3cc(=O)c4ccccc4[nH]3)s2)cc1C. The molecule has 0 saturated carbocycles. The lowest BCUT2D eigenvalue weighted by Crippen LogP contribution is -2.20. The van der Waals surface area contributed by atoms with Gasteiger partial charge in [-0.15, -0.1) is 10.2 Å². The Morgan fingerprint density at radius 2 is 1.97 bits per heavy atom. The maximum absolute atomic E-state index is 12.2. The molecule has 31 heavy (non-hydrogen) atoms. The molecule has 0 bridgehead atoms. The van der Waals surface area contributed by atoms with Crippen molar-refractivity contribution in [3.05, 3.63) is 75.6 Å². The van der Waals surface area contributed by atoms with Crippen LogP contribution in [0.1, 0.15) is 16.8 Å². The molecule has 158 valence electrons. The van der Waals surface area contributed by atoms with Crippen molar-refractivity contribution in [2.24, 2.45) is 0 Å². The number of aryl methyl sites for hydroxylation is 2. The molecule has 2 aromatic carbocycles.